The van der Waals surface area contributed by atoms with Crippen molar-refractivity contribution in [2.75, 3.05) is 6.54 Å². The number of rotatable bonds is 3. The largest absolute Gasteiger partial charge is 0.330 e. The van der Waals surface area contributed by atoms with Gasteiger partial charge in [0, 0.05) is 12.0 Å². The van der Waals surface area contributed by atoms with E-state index in [1.54, 1.807) is 12.1 Å². The normalized spacial score (nSPS) is 10.7. The lowest BCUT2D eigenvalue weighted by Crippen LogP contribution is -2.01. The zero-order chi connectivity index (χ0) is 11.5. The molecule has 1 heterocycles. The molecule has 2 N–H and O–H groups in total. The van der Waals surface area contributed by atoms with Crippen molar-refractivity contribution in [2.45, 2.75) is 6.42 Å². The minimum atomic E-state index is -0.449. The molecule has 2 rings (SSSR count). The van der Waals surface area contributed by atoms with E-state index in [0.717, 1.165) is 5.01 Å². The fourth-order valence-corrected chi connectivity index (χ4v) is 2.41. The smallest absolute Gasteiger partial charge is 0.149 e. The van der Waals surface area contributed by atoms with Crippen molar-refractivity contribution in [2.24, 2.45) is 5.73 Å². The molecule has 0 saturated heterocycles. The van der Waals surface area contributed by atoms with Crippen molar-refractivity contribution in [3.8, 4) is 10.6 Å². The molecule has 3 nitrogen and oxygen atoms in total. The second kappa shape index (κ2) is 4.86. The third-order valence-corrected chi connectivity index (χ3v) is 3.41. The number of nitrogens with zero attached hydrogens (tertiary/aromatic N) is 2. The first-order chi connectivity index (χ1) is 7.72. The highest BCUT2D eigenvalue weighted by atomic mass is 35.5. The summed E-state index contributed by atoms with van der Waals surface area (Å²) in [6, 6.07) is 4.63. The maximum atomic E-state index is 13.2. The van der Waals surface area contributed by atoms with Gasteiger partial charge in [0.2, 0.25) is 0 Å². The fraction of sp³-hybridized carbons (Fsp3) is 0.200. The van der Waals surface area contributed by atoms with Crippen LogP contribution in [0.25, 0.3) is 10.6 Å². The molecule has 1 aromatic heterocycles. The number of hydrogen-bond acceptors (Lipinski definition) is 4. The number of halogens is 2. The summed E-state index contributed by atoms with van der Waals surface area (Å²) >= 11 is 7.23. The Morgan fingerprint density at radius 2 is 2.19 bits per heavy atom. The topological polar surface area (TPSA) is 51.8 Å². The van der Waals surface area contributed by atoms with Crippen LogP contribution in [0, 0.1) is 5.82 Å². The lowest BCUT2D eigenvalue weighted by atomic mass is 10.2. The van der Waals surface area contributed by atoms with Crippen LogP contribution in [0.15, 0.2) is 18.2 Å². The zero-order valence-corrected chi connectivity index (χ0v) is 9.85. The van der Waals surface area contributed by atoms with Crippen LogP contribution in [0.4, 0.5) is 4.39 Å². The molecule has 0 fully saturated rings. The molecule has 6 heteroatoms. The van der Waals surface area contributed by atoms with Crippen molar-refractivity contribution in [1.82, 2.24) is 10.2 Å². The van der Waals surface area contributed by atoms with Gasteiger partial charge in [-0.25, -0.2) is 4.39 Å². The standard InChI is InChI=1S/C10H9ClFN3S/c11-9-6(2-1-3-7(9)12)10-15-14-8(16-10)4-5-13/h1-3H,4-5,13H2. The van der Waals surface area contributed by atoms with Crippen LogP contribution in [-0.4, -0.2) is 16.7 Å². The van der Waals surface area contributed by atoms with E-state index >= 15 is 0 Å². The highest BCUT2D eigenvalue weighted by Crippen LogP contribution is 2.31. The van der Waals surface area contributed by atoms with Gasteiger partial charge in [-0.05, 0) is 12.6 Å². The van der Waals surface area contributed by atoms with Crippen LogP contribution in [0.5, 0.6) is 0 Å². The number of benzene rings is 1. The summed E-state index contributed by atoms with van der Waals surface area (Å²) < 4.78 is 13.2. The second-order valence-corrected chi connectivity index (χ2v) is 4.58. The van der Waals surface area contributed by atoms with Gasteiger partial charge in [0.25, 0.3) is 0 Å². The van der Waals surface area contributed by atoms with Crippen LogP contribution in [0.3, 0.4) is 0 Å². The van der Waals surface area contributed by atoms with Gasteiger partial charge in [0.15, 0.2) is 0 Å². The first-order valence-corrected chi connectivity index (χ1v) is 5.88. The monoisotopic (exact) mass is 257 g/mol. The first kappa shape index (κ1) is 11.4. The first-order valence-electron chi connectivity index (χ1n) is 4.69. The minimum Gasteiger partial charge on any atom is -0.330 e. The molecular formula is C10H9ClFN3S. The van der Waals surface area contributed by atoms with Gasteiger partial charge in [0.1, 0.15) is 15.8 Å². The third kappa shape index (κ3) is 2.21. The number of aromatic nitrogens is 2. The van der Waals surface area contributed by atoms with E-state index in [9.17, 15) is 4.39 Å². The predicted molar refractivity (Wildman–Crippen MR) is 63.1 cm³/mol. The molecule has 0 aliphatic rings. The third-order valence-electron chi connectivity index (χ3n) is 2.01. The van der Waals surface area contributed by atoms with E-state index in [2.05, 4.69) is 10.2 Å². The Morgan fingerprint density at radius 1 is 1.38 bits per heavy atom. The van der Waals surface area contributed by atoms with E-state index < -0.39 is 5.82 Å². The minimum absolute atomic E-state index is 0.0814. The summed E-state index contributed by atoms with van der Waals surface area (Å²) in [5.41, 5.74) is 5.99. The molecule has 0 aliphatic heterocycles. The maximum absolute atomic E-state index is 13.2. The van der Waals surface area contributed by atoms with Crippen molar-refractivity contribution in [1.29, 1.82) is 0 Å². The Hall–Kier alpha value is -1.04. The Balaban J connectivity index is 2.39. The molecule has 0 atom stereocenters. The van der Waals surface area contributed by atoms with E-state index in [4.69, 9.17) is 17.3 Å². The highest BCUT2D eigenvalue weighted by molar-refractivity contribution is 7.14. The van der Waals surface area contributed by atoms with Crippen LogP contribution in [0.2, 0.25) is 5.02 Å². The average Bonchev–Trinajstić information content (AvgIpc) is 2.71. The van der Waals surface area contributed by atoms with Crippen molar-refractivity contribution >= 4 is 22.9 Å². The average molecular weight is 258 g/mol. The molecule has 16 heavy (non-hydrogen) atoms. The summed E-state index contributed by atoms with van der Waals surface area (Å²) in [7, 11) is 0. The Morgan fingerprint density at radius 3 is 2.94 bits per heavy atom. The van der Waals surface area contributed by atoms with Gasteiger partial charge in [0.05, 0.1) is 5.02 Å². The molecule has 0 spiro atoms. The Bertz CT molecular complexity index is 501. The summed E-state index contributed by atoms with van der Waals surface area (Å²) in [5.74, 6) is -0.449. The number of hydrogen-bond donors (Lipinski definition) is 1. The lowest BCUT2D eigenvalue weighted by molar-refractivity contribution is 0.629. The van der Waals surface area contributed by atoms with Crippen molar-refractivity contribution < 1.29 is 4.39 Å². The predicted octanol–water partition coefficient (Wildman–Crippen LogP) is 2.50. The van der Waals surface area contributed by atoms with Crippen LogP contribution in [-0.2, 0) is 6.42 Å². The molecule has 0 aliphatic carbocycles. The van der Waals surface area contributed by atoms with E-state index in [-0.39, 0.29) is 5.02 Å². The van der Waals surface area contributed by atoms with Crippen LogP contribution < -0.4 is 5.73 Å². The van der Waals surface area contributed by atoms with Crippen LogP contribution in [0.1, 0.15) is 5.01 Å². The quantitative estimate of drug-likeness (QED) is 0.919. The lowest BCUT2D eigenvalue weighted by Gasteiger charge is -1.99. The number of nitrogens with two attached hydrogens (primary N) is 1. The summed E-state index contributed by atoms with van der Waals surface area (Å²) in [6.07, 6.45) is 0.671. The SMILES string of the molecule is NCCc1nnc(-c2cccc(F)c2Cl)s1. The van der Waals surface area contributed by atoms with Gasteiger partial charge in [-0.15, -0.1) is 10.2 Å². The van der Waals surface area contributed by atoms with Gasteiger partial charge in [-0.1, -0.05) is 35.1 Å². The molecule has 0 amide bonds. The maximum Gasteiger partial charge on any atom is 0.149 e. The van der Waals surface area contributed by atoms with Crippen molar-refractivity contribution in [3.63, 3.8) is 0 Å². The molecule has 0 bridgehead atoms. The second-order valence-electron chi connectivity index (χ2n) is 3.14. The summed E-state index contributed by atoms with van der Waals surface area (Å²) in [4.78, 5) is 0. The van der Waals surface area contributed by atoms with E-state index in [1.807, 2.05) is 0 Å². The summed E-state index contributed by atoms with van der Waals surface area (Å²) in [5, 5.41) is 9.46. The molecule has 0 saturated carbocycles. The molecular weight excluding hydrogens is 249 g/mol. The zero-order valence-electron chi connectivity index (χ0n) is 8.28. The van der Waals surface area contributed by atoms with E-state index in [1.165, 1.54) is 17.4 Å². The molecule has 84 valence electrons. The molecule has 0 unspecified atom stereocenters. The Kier molecular flexibility index (Phi) is 3.48. The van der Waals surface area contributed by atoms with Gasteiger partial charge in [-0.3, -0.25) is 0 Å². The van der Waals surface area contributed by atoms with Crippen LogP contribution >= 0.6 is 22.9 Å². The highest BCUT2D eigenvalue weighted by Gasteiger charge is 2.12. The molecule has 2 aromatic rings. The Labute approximate surface area is 101 Å². The van der Waals surface area contributed by atoms with Crippen molar-refractivity contribution in [3.05, 3.63) is 34.0 Å². The fourth-order valence-electron chi connectivity index (χ4n) is 1.26. The molecule has 0 radical (unpaired) electrons. The van der Waals surface area contributed by atoms with Gasteiger partial charge in [-0.2, -0.15) is 0 Å². The van der Waals surface area contributed by atoms with Gasteiger partial charge < -0.3 is 5.73 Å². The van der Waals surface area contributed by atoms with E-state index in [0.29, 0.717) is 23.5 Å². The molecule has 1 aromatic carbocycles. The summed E-state index contributed by atoms with van der Waals surface area (Å²) in [6.45, 7) is 0.519. The van der Waals surface area contributed by atoms with Gasteiger partial charge >= 0.3 is 0 Å².